The Morgan fingerprint density at radius 2 is 2.32 bits per heavy atom. The van der Waals surface area contributed by atoms with E-state index in [1.54, 1.807) is 7.05 Å². The Labute approximate surface area is 114 Å². The molecule has 0 spiro atoms. The average Bonchev–Trinajstić information content (AvgIpc) is 2.98. The van der Waals surface area contributed by atoms with Gasteiger partial charge < -0.3 is 15.5 Å². The first-order valence-electron chi connectivity index (χ1n) is 6.84. The third kappa shape index (κ3) is 2.82. The Morgan fingerprint density at radius 1 is 1.58 bits per heavy atom. The van der Waals surface area contributed by atoms with Gasteiger partial charge in [-0.15, -0.1) is 0 Å². The van der Waals surface area contributed by atoms with Crippen LogP contribution in [-0.4, -0.2) is 36.5 Å². The predicted molar refractivity (Wildman–Crippen MR) is 73.6 cm³/mol. The molecule has 1 aliphatic rings. The van der Waals surface area contributed by atoms with Crippen LogP contribution in [0.4, 0.5) is 0 Å². The van der Waals surface area contributed by atoms with E-state index in [9.17, 15) is 4.79 Å². The van der Waals surface area contributed by atoms with E-state index in [2.05, 4.69) is 10.2 Å². The first-order chi connectivity index (χ1) is 9.04. The van der Waals surface area contributed by atoms with Crippen molar-refractivity contribution in [3.63, 3.8) is 0 Å². The van der Waals surface area contributed by atoms with Gasteiger partial charge in [-0.05, 0) is 45.4 Å². The Kier molecular flexibility index (Phi) is 4.27. The van der Waals surface area contributed by atoms with Gasteiger partial charge in [0.2, 0.25) is 5.91 Å². The zero-order valence-corrected chi connectivity index (χ0v) is 11.8. The van der Waals surface area contributed by atoms with Crippen LogP contribution in [0.15, 0.2) is 16.5 Å². The summed E-state index contributed by atoms with van der Waals surface area (Å²) in [6.07, 6.45) is 1.89. The number of likely N-dealkylation sites (N-methyl/N-ethyl adjacent to an activating group) is 1. The average molecular weight is 265 g/mol. The van der Waals surface area contributed by atoms with Crippen LogP contribution >= 0.6 is 0 Å². The standard InChI is InChI=1S/C14H23N3O2/c1-9-6-7-12(19-9)13(10(2)15)17-8-4-5-11(17)14(18)16-3/h6-7,10-11,13H,4-5,8,15H2,1-3H3,(H,16,18). The molecule has 0 aliphatic carbocycles. The van der Waals surface area contributed by atoms with Crippen molar-refractivity contribution in [3.05, 3.63) is 23.7 Å². The number of amides is 1. The van der Waals surface area contributed by atoms with Gasteiger partial charge in [0.25, 0.3) is 0 Å². The molecule has 0 bridgehead atoms. The van der Waals surface area contributed by atoms with Crippen molar-refractivity contribution in [3.8, 4) is 0 Å². The Bertz CT molecular complexity index is 442. The predicted octanol–water partition coefficient (Wildman–Crippen LogP) is 1.19. The molecule has 5 heteroatoms. The number of nitrogens with two attached hydrogens (primary N) is 1. The van der Waals surface area contributed by atoms with E-state index in [0.29, 0.717) is 0 Å². The number of hydrogen-bond acceptors (Lipinski definition) is 4. The molecule has 1 saturated heterocycles. The third-order valence-corrected chi connectivity index (χ3v) is 3.75. The van der Waals surface area contributed by atoms with Crippen molar-refractivity contribution >= 4 is 5.91 Å². The molecule has 3 atom stereocenters. The highest BCUT2D eigenvalue weighted by Crippen LogP contribution is 2.32. The monoisotopic (exact) mass is 265 g/mol. The smallest absolute Gasteiger partial charge is 0.237 e. The van der Waals surface area contributed by atoms with Gasteiger partial charge in [-0.1, -0.05) is 0 Å². The number of nitrogens with zero attached hydrogens (tertiary/aromatic N) is 1. The molecule has 1 aliphatic heterocycles. The second kappa shape index (κ2) is 5.75. The SMILES string of the molecule is CNC(=O)C1CCCN1C(c1ccc(C)o1)C(C)N. The largest absolute Gasteiger partial charge is 0.465 e. The molecule has 19 heavy (non-hydrogen) atoms. The highest BCUT2D eigenvalue weighted by Gasteiger charge is 2.38. The molecule has 3 unspecified atom stereocenters. The quantitative estimate of drug-likeness (QED) is 0.857. The Hall–Kier alpha value is -1.33. The fraction of sp³-hybridized carbons (Fsp3) is 0.643. The maximum Gasteiger partial charge on any atom is 0.237 e. The molecule has 0 saturated carbocycles. The molecular weight excluding hydrogens is 242 g/mol. The summed E-state index contributed by atoms with van der Waals surface area (Å²) in [5.41, 5.74) is 6.13. The summed E-state index contributed by atoms with van der Waals surface area (Å²) >= 11 is 0. The van der Waals surface area contributed by atoms with E-state index in [0.717, 1.165) is 30.9 Å². The lowest BCUT2D eigenvalue weighted by Gasteiger charge is -2.33. The van der Waals surface area contributed by atoms with Crippen LogP contribution < -0.4 is 11.1 Å². The number of carbonyl (C=O) groups excluding carboxylic acids is 1. The lowest BCUT2D eigenvalue weighted by molar-refractivity contribution is -0.126. The van der Waals surface area contributed by atoms with Crippen LogP contribution in [0.25, 0.3) is 0 Å². The zero-order chi connectivity index (χ0) is 14.0. The van der Waals surface area contributed by atoms with E-state index >= 15 is 0 Å². The molecule has 2 heterocycles. The van der Waals surface area contributed by atoms with Crippen LogP contribution in [0.3, 0.4) is 0 Å². The van der Waals surface area contributed by atoms with Crippen molar-refractivity contribution in [2.24, 2.45) is 5.73 Å². The number of aryl methyl sites for hydroxylation is 1. The molecule has 1 fully saturated rings. The maximum atomic E-state index is 12.0. The highest BCUT2D eigenvalue weighted by atomic mass is 16.3. The first kappa shape index (κ1) is 14.1. The van der Waals surface area contributed by atoms with Gasteiger partial charge in [0.05, 0.1) is 12.1 Å². The van der Waals surface area contributed by atoms with E-state index < -0.39 is 0 Å². The molecule has 1 aromatic rings. The van der Waals surface area contributed by atoms with Gasteiger partial charge in [0.1, 0.15) is 11.5 Å². The van der Waals surface area contributed by atoms with Gasteiger partial charge in [0.15, 0.2) is 0 Å². The molecular formula is C14H23N3O2. The van der Waals surface area contributed by atoms with Gasteiger partial charge in [-0.2, -0.15) is 0 Å². The lowest BCUT2D eigenvalue weighted by Crippen LogP contribution is -2.47. The fourth-order valence-corrected chi connectivity index (χ4v) is 2.91. The molecule has 2 rings (SSSR count). The van der Waals surface area contributed by atoms with Gasteiger partial charge in [-0.25, -0.2) is 0 Å². The summed E-state index contributed by atoms with van der Waals surface area (Å²) in [7, 11) is 1.68. The van der Waals surface area contributed by atoms with Crippen LogP contribution in [0.5, 0.6) is 0 Å². The molecule has 5 nitrogen and oxygen atoms in total. The summed E-state index contributed by atoms with van der Waals surface area (Å²) in [6.45, 7) is 4.76. The molecule has 3 N–H and O–H groups in total. The molecule has 106 valence electrons. The third-order valence-electron chi connectivity index (χ3n) is 3.75. The van der Waals surface area contributed by atoms with Crippen molar-refractivity contribution < 1.29 is 9.21 Å². The molecule has 1 aromatic heterocycles. The number of hydrogen-bond donors (Lipinski definition) is 2. The minimum Gasteiger partial charge on any atom is -0.465 e. The first-order valence-corrected chi connectivity index (χ1v) is 6.84. The van der Waals surface area contributed by atoms with Gasteiger partial charge in [0, 0.05) is 13.1 Å². The van der Waals surface area contributed by atoms with Crippen LogP contribution in [0.1, 0.15) is 37.3 Å². The number of furan rings is 1. The van der Waals surface area contributed by atoms with Crippen molar-refractivity contribution in [2.45, 2.75) is 44.8 Å². The van der Waals surface area contributed by atoms with Crippen LogP contribution in [0, 0.1) is 6.92 Å². The van der Waals surface area contributed by atoms with Crippen molar-refractivity contribution in [1.82, 2.24) is 10.2 Å². The molecule has 0 aromatic carbocycles. The highest BCUT2D eigenvalue weighted by molar-refractivity contribution is 5.81. The minimum absolute atomic E-state index is 0.0431. The lowest BCUT2D eigenvalue weighted by atomic mass is 10.0. The Morgan fingerprint density at radius 3 is 2.84 bits per heavy atom. The van der Waals surface area contributed by atoms with E-state index in [4.69, 9.17) is 10.2 Å². The van der Waals surface area contributed by atoms with Crippen molar-refractivity contribution in [1.29, 1.82) is 0 Å². The number of likely N-dealkylation sites (tertiary alicyclic amines) is 1. The molecule has 1 amide bonds. The second-order valence-corrected chi connectivity index (χ2v) is 5.26. The number of rotatable bonds is 4. The Balaban J connectivity index is 2.26. The minimum atomic E-state index is -0.105. The second-order valence-electron chi connectivity index (χ2n) is 5.26. The number of carbonyl (C=O) groups is 1. The summed E-state index contributed by atoms with van der Waals surface area (Å²) in [5.74, 6) is 1.78. The van der Waals surface area contributed by atoms with E-state index in [-0.39, 0.29) is 24.0 Å². The topological polar surface area (TPSA) is 71.5 Å². The number of nitrogens with one attached hydrogen (secondary N) is 1. The normalized spacial score (nSPS) is 23.3. The summed E-state index contributed by atoms with van der Waals surface area (Å²) in [5, 5.41) is 2.74. The summed E-state index contributed by atoms with van der Waals surface area (Å²) < 4.78 is 5.73. The van der Waals surface area contributed by atoms with Crippen LogP contribution in [-0.2, 0) is 4.79 Å². The summed E-state index contributed by atoms with van der Waals surface area (Å²) in [6, 6.07) is 3.67. The van der Waals surface area contributed by atoms with Crippen LogP contribution in [0.2, 0.25) is 0 Å². The summed E-state index contributed by atoms with van der Waals surface area (Å²) in [4.78, 5) is 14.1. The van der Waals surface area contributed by atoms with Crippen molar-refractivity contribution in [2.75, 3.05) is 13.6 Å². The fourth-order valence-electron chi connectivity index (χ4n) is 2.91. The molecule has 0 radical (unpaired) electrons. The van der Waals surface area contributed by atoms with E-state index in [1.807, 2.05) is 26.0 Å². The van der Waals surface area contributed by atoms with Gasteiger partial charge in [-0.3, -0.25) is 9.69 Å². The van der Waals surface area contributed by atoms with Gasteiger partial charge >= 0.3 is 0 Å². The zero-order valence-electron chi connectivity index (χ0n) is 11.8. The van der Waals surface area contributed by atoms with E-state index in [1.165, 1.54) is 0 Å². The maximum absolute atomic E-state index is 12.0.